The zero-order valence-electron chi connectivity index (χ0n) is 17.2. The summed E-state index contributed by atoms with van der Waals surface area (Å²) >= 11 is 0. The molecule has 154 valence electrons. The molecular formula is C20H30N4O4. The van der Waals surface area contributed by atoms with E-state index in [4.69, 9.17) is 0 Å². The molecule has 2 amide bonds. The number of nitro benzene ring substituents is 1. The molecule has 0 radical (unpaired) electrons. The van der Waals surface area contributed by atoms with Crippen molar-refractivity contribution in [2.75, 3.05) is 31.1 Å². The van der Waals surface area contributed by atoms with Crippen LogP contribution in [-0.4, -0.2) is 53.4 Å². The van der Waals surface area contributed by atoms with Crippen LogP contribution in [-0.2, 0) is 4.79 Å². The third-order valence-corrected chi connectivity index (χ3v) is 4.63. The van der Waals surface area contributed by atoms with Crippen molar-refractivity contribution in [2.45, 2.75) is 52.5 Å². The average Bonchev–Trinajstić information content (AvgIpc) is 2.64. The summed E-state index contributed by atoms with van der Waals surface area (Å²) in [7, 11) is 0. The van der Waals surface area contributed by atoms with Crippen LogP contribution in [0.4, 0.5) is 11.4 Å². The summed E-state index contributed by atoms with van der Waals surface area (Å²) in [6.45, 7) is 9.18. The Bertz CT molecular complexity index is 736. The zero-order valence-corrected chi connectivity index (χ0v) is 17.2. The van der Waals surface area contributed by atoms with Gasteiger partial charge < -0.3 is 15.1 Å². The smallest absolute Gasteiger partial charge is 0.293 e. The predicted octanol–water partition coefficient (Wildman–Crippen LogP) is 2.96. The molecule has 1 aliphatic heterocycles. The van der Waals surface area contributed by atoms with Crippen molar-refractivity contribution in [3.05, 3.63) is 33.9 Å². The number of likely N-dealkylation sites (N-methyl/N-ethyl adjacent to an activating group) is 1. The van der Waals surface area contributed by atoms with Gasteiger partial charge in [0.25, 0.3) is 11.6 Å². The van der Waals surface area contributed by atoms with Gasteiger partial charge in [-0.2, -0.15) is 0 Å². The monoisotopic (exact) mass is 390 g/mol. The van der Waals surface area contributed by atoms with Crippen molar-refractivity contribution < 1.29 is 14.5 Å². The summed E-state index contributed by atoms with van der Waals surface area (Å²) in [5, 5.41) is 14.4. The number of carbonyl (C=O) groups excluding carboxylic acids is 2. The van der Waals surface area contributed by atoms with Crippen molar-refractivity contribution in [3.63, 3.8) is 0 Å². The number of carbonyl (C=O) groups is 2. The van der Waals surface area contributed by atoms with Gasteiger partial charge in [-0.25, -0.2) is 0 Å². The average molecular weight is 390 g/mol. The standard InChI is InChI=1S/C20H30N4O4/c1-5-22(14-18(25)21-20(2,3)4)19(26)15-9-10-16(17(13-15)24(27)28)23-11-7-6-8-12-23/h9-10,13H,5-8,11-12,14H2,1-4H3,(H,21,25). The highest BCUT2D eigenvalue weighted by Gasteiger charge is 2.26. The van der Waals surface area contributed by atoms with Crippen LogP contribution in [0, 0.1) is 10.1 Å². The summed E-state index contributed by atoms with van der Waals surface area (Å²) in [6, 6.07) is 4.60. The van der Waals surface area contributed by atoms with Gasteiger partial charge >= 0.3 is 0 Å². The first-order valence-corrected chi connectivity index (χ1v) is 9.76. The molecule has 0 spiro atoms. The number of amides is 2. The van der Waals surface area contributed by atoms with Crippen molar-refractivity contribution in [2.24, 2.45) is 0 Å². The topological polar surface area (TPSA) is 95.8 Å². The molecule has 1 aliphatic rings. The fourth-order valence-electron chi connectivity index (χ4n) is 3.35. The van der Waals surface area contributed by atoms with Gasteiger partial charge in [0.15, 0.2) is 0 Å². The molecule has 1 aromatic rings. The Morgan fingerprint density at radius 2 is 1.86 bits per heavy atom. The largest absolute Gasteiger partial charge is 0.366 e. The molecule has 0 saturated carbocycles. The first kappa shape index (κ1) is 21.7. The Kier molecular flexibility index (Phi) is 6.99. The van der Waals surface area contributed by atoms with Crippen LogP contribution in [0.25, 0.3) is 0 Å². The van der Waals surface area contributed by atoms with Crippen molar-refractivity contribution in [1.29, 1.82) is 0 Å². The third kappa shape index (κ3) is 5.68. The molecular weight excluding hydrogens is 360 g/mol. The lowest BCUT2D eigenvalue weighted by atomic mass is 10.1. The normalized spacial score (nSPS) is 14.5. The van der Waals surface area contributed by atoms with Gasteiger partial charge in [0.05, 0.1) is 11.5 Å². The van der Waals surface area contributed by atoms with Crippen molar-refractivity contribution in [3.8, 4) is 0 Å². The van der Waals surface area contributed by atoms with Crippen LogP contribution in [0.3, 0.4) is 0 Å². The summed E-state index contributed by atoms with van der Waals surface area (Å²) in [5.41, 5.74) is 0.310. The highest BCUT2D eigenvalue weighted by molar-refractivity contribution is 5.97. The number of hydrogen-bond donors (Lipinski definition) is 1. The second-order valence-corrected chi connectivity index (χ2v) is 8.13. The molecule has 1 fully saturated rings. The fourth-order valence-corrected chi connectivity index (χ4v) is 3.35. The quantitative estimate of drug-likeness (QED) is 0.595. The van der Waals surface area contributed by atoms with Crippen molar-refractivity contribution in [1.82, 2.24) is 10.2 Å². The van der Waals surface area contributed by atoms with E-state index in [1.165, 1.54) is 11.0 Å². The minimum absolute atomic E-state index is 0.0667. The number of hydrogen-bond acceptors (Lipinski definition) is 5. The molecule has 8 nitrogen and oxygen atoms in total. The van der Waals surface area contributed by atoms with Gasteiger partial charge in [0.2, 0.25) is 5.91 Å². The van der Waals surface area contributed by atoms with Crippen LogP contribution in [0.5, 0.6) is 0 Å². The minimum atomic E-state index is -0.441. The van der Waals surface area contributed by atoms with E-state index in [2.05, 4.69) is 5.32 Å². The fraction of sp³-hybridized carbons (Fsp3) is 0.600. The number of benzene rings is 1. The molecule has 1 aromatic carbocycles. The number of piperidine rings is 1. The van der Waals surface area contributed by atoms with Crippen LogP contribution in [0.15, 0.2) is 18.2 Å². The van der Waals surface area contributed by atoms with E-state index in [0.29, 0.717) is 12.2 Å². The predicted molar refractivity (Wildman–Crippen MR) is 109 cm³/mol. The molecule has 1 heterocycles. The SMILES string of the molecule is CCN(CC(=O)NC(C)(C)C)C(=O)c1ccc(N2CCCCC2)c([N+](=O)[O-])c1. The summed E-state index contributed by atoms with van der Waals surface area (Å²) in [6.07, 6.45) is 3.14. The number of nitro groups is 1. The molecule has 1 N–H and O–H groups in total. The maximum Gasteiger partial charge on any atom is 0.293 e. The Hall–Kier alpha value is -2.64. The Balaban J connectivity index is 2.22. The minimum Gasteiger partial charge on any atom is -0.366 e. The molecule has 8 heteroatoms. The molecule has 1 saturated heterocycles. The van der Waals surface area contributed by atoms with Crippen molar-refractivity contribution >= 4 is 23.2 Å². The van der Waals surface area contributed by atoms with Gasteiger partial charge in [0, 0.05) is 36.8 Å². The Morgan fingerprint density at radius 1 is 1.21 bits per heavy atom. The highest BCUT2D eigenvalue weighted by atomic mass is 16.6. The molecule has 0 bridgehead atoms. The molecule has 2 rings (SSSR count). The van der Waals surface area contributed by atoms with Gasteiger partial charge in [-0.05, 0) is 59.1 Å². The molecule has 0 atom stereocenters. The maximum absolute atomic E-state index is 12.8. The first-order valence-electron chi connectivity index (χ1n) is 9.76. The lowest BCUT2D eigenvalue weighted by molar-refractivity contribution is -0.384. The van der Waals surface area contributed by atoms with Gasteiger partial charge in [0.1, 0.15) is 5.69 Å². The molecule has 0 aromatic heterocycles. The van der Waals surface area contributed by atoms with Crippen LogP contribution >= 0.6 is 0 Å². The van der Waals surface area contributed by atoms with E-state index in [9.17, 15) is 19.7 Å². The number of rotatable bonds is 6. The lowest BCUT2D eigenvalue weighted by Crippen LogP contribution is -2.47. The highest BCUT2D eigenvalue weighted by Crippen LogP contribution is 2.31. The maximum atomic E-state index is 12.8. The molecule has 28 heavy (non-hydrogen) atoms. The van der Waals surface area contributed by atoms with E-state index in [0.717, 1.165) is 32.4 Å². The van der Waals surface area contributed by atoms with Gasteiger partial charge in [-0.15, -0.1) is 0 Å². The zero-order chi connectivity index (χ0) is 20.9. The number of nitrogens with one attached hydrogen (secondary N) is 1. The first-order chi connectivity index (χ1) is 13.1. The summed E-state index contributed by atoms with van der Waals surface area (Å²) in [4.78, 5) is 39.6. The van der Waals surface area contributed by atoms with Crippen LogP contribution in [0.1, 0.15) is 57.3 Å². The lowest BCUT2D eigenvalue weighted by Gasteiger charge is -2.28. The Morgan fingerprint density at radius 3 is 2.39 bits per heavy atom. The number of anilines is 1. The van der Waals surface area contributed by atoms with Gasteiger partial charge in [-0.3, -0.25) is 19.7 Å². The third-order valence-electron chi connectivity index (χ3n) is 4.63. The van der Waals surface area contributed by atoms with E-state index >= 15 is 0 Å². The summed E-state index contributed by atoms with van der Waals surface area (Å²) < 4.78 is 0. The van der Waals surface area contributed by atoms with Crippen LogP contribution in [0.2, 0.25) is 0 Å². The summed E-state index contributed by atoms with van der Waals surface area (Å²) in [5.74, 6) is -0.651. The van der Waals surface area contributed by atoms with Crippen LogP contribution < -0.4 is 10.2 Å². The van der Waals surface area contributed by atoms with Gasteiger partial charge in [-0.1, -0.05) is 0 Å². The molecule has 0 aliphatic carbocycles. The molecule has 0 unspecified atom stereocenters. The second-order valence-electron chi connectivity index (χ2n) is 8.13. The van der Waals surface area contributed by atoms with E-state index in [1.807, 2.05) is 25.7 Å². The Labute approximate surface area is 166 Å². The second kappa shape index (κ2) is 9.03. The number of nitrogens with zero attached hydrogens (tertiary/aromatic N) is 3. The van der Waals surface area contributed by atoms with E-state index in [1.54, 1.807) is 19.1 Å². The van der Waals surface area contributed by atoms with E-state index in [-0.39, 0.29) is 29.6 Å². The van der Waals surface area contributed by atoms with E-state index < -0.39 is 10.5 Å².